The molecule has 0 saturated heterocycles. The van der Waals surface area contributed by atoms with E-state index in [1.54, 1.807) is 0 Å². The average molecular weight is 201 g/mol. The molecule has 2 rings (SSSR count). The van der Waals surface area contributed by atoms with E-state index < -0.39 is 0 Å². The van der Waals surface area contributed by atoms with Crippen LogP contribution in [0.4, 0.5) is 5.69 Å². The number of para-hydroxylation sites is 1. The van der Waals surface area contributed by atoms with Gasteiger partial charge in [-0.15, -0.1) is 0 Å². The van der Waals surface area contributed by atoms with Crippen LogP contribution in [0.2, 0.25) is 0 Å². The highest BCUT2D eigenvalue weighted by atomic mass is 16.2. The lowest BCUT2D eigenvalue weighted by molar-refractivity contribution is -0.113. The standard InChI is InChI=1S/C13H15NO/c1-9-10-7-5-6-8-11(10)14(12(9)15)13(2,3)4/h5-8H,1H2,2-4H3. The highest BCUT2D eigenvalue weighted by Crippen LogP contribution is 2.39. The van der Waals surface area contributed by atoms with Crippen molar-refractivity contribution in [2.45, 2.75) is 26.3 Å². The van der Waals surface area contributed by atoms with Crippen LogP contribution in [0.15, 0.2) is 30.8 Å². The van der Waals surface area contributed by atoms with E-state index in [0.29, 0.717) is 5.57 Å². The zero-order valence-electron chi connectivity index (χ0n) is 9.37. The molecule has 0 spiro atoms. The fourth-order valence-corrected chi connectivity index (χ4v) is 1.95. The summed E-state index contributed by atoms with van der Waals surface area (Å²) in [6, 6.07) is 7.80. The molecule has 0 aliphatic carbocycles. The zero-order valence-corrected chi connectivity index (χ0v) is 9.37. The Labute approximate surface area is 90.2 Å². The molecule has 0 bridgehead atoms. The lowest BCUT2D eigenvalue weighted by Crippen LogP contribution is -2.43. The summed E-state index contributed by atoms with van der Waals surface area (Å²) in [6.45, 7) is 9.93. The van der Waals surface area contributed by atoms with Gasteiger partial charge in [-0.2, -0.15) is 0 Å². The van der Waals surface area contributed by atoms with E-state index in [2.05, 4.69) is 6.58 Å². The number of hydrogen-bond acceptors (Lipinski definition) is 1. The molecule has 0 unspecified atom stereocenters. The minimum Gasteiger partial charge on any atom is -0.302 e. The average Bonchev–Trinajstić information content (AvgIpc) is 2.39. The van der Waals surface area contributed by atoms with Crippen LogP contribution in [-0.2, 0) is 4.79 Å². The summed E-state index contributed by atoms with van der Waals surface area (Å²) in [6.07, 6.45) is 0. The number of fused-ring (bicyclic) bond motifs is 1. The molecule has 1 aliphatic heterocycles. The normalized spacial score (nSPS) is 15.8. The first-order valence-electron chi connectivity index (χ1n) is 5.06. The molecule has 1 aliphatic rings. The summed E-state index contributed by atoms with van der Waals surface area (Å²) < 4.78 is 0. The van der Waals surface area contributed by atoms with Gasteiger partial charge in [0.1, 0.15) is 0 Å². The number of nitrogens with zero attached hydrogens (tertiary/aromatic N) is 1. The van der Waals surface area contributed by atoms with Crippen LogP contribution >= 0.6 is 0 Å². The Hall–Kier alpha value is -1.57. The minimum atomic E-state index is -0.202. The highest BCUT2D eigenvalue weighted by molar-refractivity contribution is 6.32. The zero-order chi connectivity index (χ0) is 11.2. The molecule has 1 heterocycles. The summed E-state index contributed by atoms with van der Waals surface area (Å²) in [4.78, 5) is 13.8. The Kier molecular flexibility index (Phi) is 1.97. The number of anilines is 1. The number of hydrogen-bond donors (Lipinski definition) is 0. The van der Waals surface area contributed by atoms with Crippen molar-refractivity contribution < 1.29 is 4.79 Å². The highest BCUT2D eigenvalue weighted by Gasteiger charge is 2.37. The molecule has 1 aromatic carbocycles. The Morgan fingerprint density at radius 2 is 1.80 bits per heavy atom. The maximum absolute atomic E-state index is 12.0. The molecule has 1 aromatic rings. The topological polar surface area (TPSA) is 20.3 Å². The molecule has 0 fully saturated rings. The Balaban J connectivity index is 2.62. The smallest absolute Gasteiger partial charge is 0.258 e. The molecule has 0 aromatic heterocycles. The van der Waals surface area contributed by atoms with E-state index in [4.69, 9.17) is 0 Å². The largest absolute Gasteiger partial charge is 0.302 e. The fourth-order valence-electron chi connectivity index (χ4n) is 1.95. The molecular formula is C13H15NO. The van der Waals surface area contributed by atoms with E-state index >= 15 is 0 Å². The second-order valence-electron chi connectivity index (χ2n) is 4.81. The van der Waals surface area contributed by atoms with Crippen LogP contribution in [0.25, 0.3) is 5.57 Å². The second-order valence-corrected chi connectivity index (χ2v) is 4.81. The van der Waals surface area contributed by atoms with E-state index in [9.17, 15) is 4.79 Å². The molecule has 78 valence electrons. The van der Waals surface area contributed by atoms with Gasteiger partial charge >= 0.3 is 0 Å². The monoisotopic (exact) mass is 201 g/mol. The van der Waals surface area contributed by atoms with Crippen LogP contribution in [0.5, 0.6) is 0 Å². The van der Waals surface area contributed by atoms with E-state index in [1.807, 2.05) is 49.9 Å². The van der Waals surface area contributed by atoms with Gasteiger partial charge in [0.2, 0.25) is 0 Å². The predicted molar refractivity (Wildman–Crippen MR) is 62.7 cm³/mol. The van der Waals surface area contributed by atoms with Crippen LogP contribution in [0, 0.1) is 0 Å². The van der Waals surface area contributed by atoms with Gasteiger partial charge in [0, 0.05) is 16.7 Å². The van der Waals surface area contributed by atoms with Gasteiger partial charge in [-0.3, -0.25) is 4.79 Å². The van der Waals surface area contributed by atoms with Crippen molar-refractivity contribution in [3.8, 4) is 0 Å². The molecule has 0 radical (unpaired) electrons. The van der Waals surface area contributed by atoms with Gasteiger partial charge < -0.3 is 4.90 Å². The number of amides is 1. The Bertz CT molecular complexity index is 440. The number of rotatable bonds is 0. The first-order chi connectivity index (χ1) is 6.93. The Morgan fingerprint density at radius 1 is 1.20 bits per heavy atom. The van der Waals surface area contributed by atoms with E-state index in [-0.39, 0.29) is 11.4 Å². The third kappa shape index (κ3) is 1.37. The third-order valence-electron chi connectivity index (χ3n) is 2.60. The number of carbonyl (C=O) groups excluding carboxylic acids is 1. The first kappa shape index (κ1) is 9.97. The van der Waals surface area contributed by atoms with E-state index in [1.165, 1.54) is 0 Å². The molecule has 1 amide bonds. The maximum Gasteiger partial charge on any atom is 0.258 e. The van der Waals surface area contributed by atoms with Crippen molar-refractivity contribution in [3.63, 3.8) is 0 Å². The van der Waals surface area contributed by atoms with Gasteiger partial charge in [-0.05, 0) is 26.8 Å². The molecule has 0 saturated carbocycles. The maximum atomic E-state index is 12.0. The van der Waals surface area contributed by atoms with Crippen molar-refractivity contribution >= 4 is 17.2 Å². The SMILES string of the molecule is C=C1C(=O)N(C(C)(C)C)c2ccccc21. The fraction of sp³-hybridized carbons (Fsp3) is 0.308. The first-order valence-corrected chi connectivity index (χ1v) is 5.06. The third-order valence-corrected chi connectivity index (χ3v) is 2.60. The van der Waals surface area contributed by atoms with Gasteiger partial charge in [0.25, 0.3) is 5.91 Å². The summed E-state index contributed by atoms with van der Waals surface area (Å²) in [5.74, 6) is 0.0173. The lowest BCUT2D eigenvalue weighted by atomic mass is 10.1. The number of benzene rings is 1. The predicted octanol–water partition coefficient (Wildman–Crippen LogP) is 2.84. The van der Waals surface area contributed by atoms with Crippen molar-refractivity contribution in [2.24, 2.45) is 0 Å². The lowest BCUT2D eigenvalue weighted by Gasteiger charge is -2.32. The molecule has 0 N–H and O–H groups in total. The number of carbonyl (C=O) groups is 1. The molecule has 2 nitrogen and oxygen atoms in total. The van der Waals surface area contributed by atoms with Crippen LogP contribution in [0.3, 0.4) is 0 Å². The molecule has 0 atom stereocenters. The van der Waals surface area contributed by atoms with Gasteiger partial charge in [0.15, 0.2) is 0 Å². The quantitative estimate of drug-likeness (QED) is 0.591. The molecule has 2 heteroatoms. The summed E-state index contributed by atoms with van der Waals surface area (Å²) in [5.41, 5.74) is 2.32. The van der Waals surface area contributed by atoms with Crippen molar-refractivity contribution in [2.75, 3.05) is 4.90 Å². The van der Waals surface area contributed by atoms with E-state index in [0.717, 1.165) is 11.3 Å². The molecular weight excluding hydrogens is 186 g/mol. The summed E-state index contributed by atoms with van der Waals surface area (Å²) in [5, 5.41) is 0. The second kappa shape index (κ2) is 2.96. The molecule has 15 heavy (non-hydrogen) atoms. The van der Waals surface area contributed by atoms with Crippen molar-refractivity contribution in [1.29, 1.82) is 0 Å². The van der Waals surface area contributed by atoms with Crippen LogP contribution in [0.1, 0.15) is 26.3 Å². The summed E-state index contributed by atoms with van der Waals surface area (Å²) in [7, 11) is 0. The van der Waals surface area contributed by atoms with Gasteiger partial charge in [0.05, 0.1) is 5.69 Å². The van der Waals surface area contributed by atoms with Crippen molar-refractivity contribution in [3.05, 3.63) is 36.4 Å². The van der Waals surface area contributed by atoms with Crippen LogP contribution in [-0.4, -0.2) is 11.4 Å². The Morgan fingerprint density at radius 3 is 2.40 bits per heavy atom. The summed E-state index contributed by atoms with van der Waals surface area (Å²) >= 11 is 0. The van der Waals surface area contributed by atoms with Crippen LogP contribution < -0.4 is 4.90 Å². The van der Waals surface area contributed by atoms with Gasteiger partial charge in [-0.1, -0.05) is 24.8 Å². The minimum absolute atomic E-state index is 0.0173. The van der Waals surface area contributed by atoms with Crippen molar-refractivity contribution in [1.82, 2.24) is 0 Å². The van der Waals surface area contributed by atoms with Gasteiger partial charge in [-0.25, -0.2) is 0 Å².